The molecule has 0 aliphatic heterocycles. The predicted octanol–water partition coefficient (Wildman–Crippen LogP) is 26.2. The van der Waals surface area contributed by atoms with Crippen LogP contribution < -0.4 is 0 Å². The van der Waals surface area contributed by atoms with Crippen LogP contribution in [0.15, 0.2) is 315 Å². The molecule has 0 atom stereocenters. The number of hydrogen-bond donors (Lipinski definition) is 0. The van der Waals surface area contributed by atoms with Gasteiger partial charge < -0.3 is 9.13 Å². The lowest BCUT2D eigenvalue weighted by Gasteiger charge is -2.10. The van der Waals surface area contributed by atoms with Gasteiger partial charge in [-0.15, -0.1) is 45.3 Å². The minimum absolute atomic E-state index is 1.19. The Morgan fingerprint density at radius 2 is 0.609 bits per heavy atom. The molecule has 6 aromatic heterocycles. The van der Waals surface area contributed by atoms with E-state index < -0.39 is 0 Å². The number of benzene rings is 14. The normalized spacial score (nSPS) is 11.9. The highest BCUT2D eigenvalue weighted by Crippen LogP contribution is 2.49. The van der Waals surface area contributed by atoms with Gasteiger partial charge >= 0.3 is 0 Å². The van der Waals surface area contributed by atoms with Gasteiger partial charge in [0.2, 0.25) is 0 Å². The van der Waals surface area contributed by atoms with Crippen molar-refractivity contribution in [3.8, 4) is 67.0 Å². The molecule has 0 bridgehead atoms. The number of thiophene rings is 4. The van der Waals surface area contributed by atoms with Crippen LogP contribution in [0, 0.1) is 0 Å². The topological polar surface area (TPSA) is 9.86 Å². The van der Waals surface area contributed by atoms with Crippen LogP contribution in [0.3, 0.4) is 0 Å². The molecule has 0 saturated carbocycles. The number of hydrogen-bond acceptors (Lipinski definition) is 4. The van der Waals surface area contributed by atoms with E-state index in [2.05, 4.69) is 325 Å². The minimum atomic E-state index is 1.19. The SMILES string of the molecule is c1ccc(-c2cccc3c2sc2cccc(-c4cccc(-c5ccc6sc7c8ccccc8n(-c8ccccc8)c7c6c5)c4)c23)cc1.c1ccc(-n2c3ccccc3c3sc4ccc(-c5cccc(-c6cccc7sc8c9ccccc9ccc8c67)c5)cc4c32)cc1. The van der Waals surface area contributed by atoms with Crippen molar-refractivity contribution in [3.63, 3.8) is 0 Å². The molecule has 430 valence electrons. The molecule has 0 N–H and O–H groups in total. The monoisotopic (exact) mass is 1240 g/mol. The van der Waals surface area contributed by atoms with Gasteiger partial charge in [0, 0.05) is 82.7 Å². The molecular weight excluding hydrogens is 1190 g/mol. The average molecular weight is 1240 g/mol. The number of aromatic nitrogens is 2. The van der Waals surface area contributed by atoms with E-state index in [1.54, 1.807) is 0 Å². The third-order valence-corrected chi connectivity index (χ3v) is 23.4. The maximum Gasteiger partial charge on any atom is 0.0727 e. The molecule has 2 nitrogen and oxygen atoms in total. The molecule has 0 unspecified atom stereocenters. The third kappa shape index (κ3) is 8.49. The first-order valence-corrected chi connectivity index (χ1v) is 34.5. The van der Waals surface area contributed by atoms with Crippen molar-refractivity contribution in [1.82, 2.24) is 9.13 Å². The summed E-state index contributed by atoms with van der Waals surface area (Å²) >= 11 is 7.59. The van der Waals surface area contributed by atoms with E-state index in [1.165, 1.54) is 181 Å². The zero-order valence-corrected chi connectivity index (χ0v) is 52.8. The first-order valence-electron chi connectivity index (χ1n) is 31.2. The molecule has 0 radical (unpaired) electrons. The smallest absolute Gasteiger partial charge is 0.0727 e. The lowest BCUT2D eigenvalue weighted by atomic mass is 9.95. The van der Waals surface area contributed by atoms with E-state index in [-0.39, 0.29) is 0 Å². The lowest BCUT2D eigenvalue weighted by molar-refractivity contribution is 1.19. The maximum absolute atomic E-state index is 2.44. The number of fused-ring (bicyclic) bond motifs is 18. The van der Waals surface area contributed by atoms with Crippen LogP contribution >= 0.6 is 45.3 Å². The minimum Gasteiger partial charge on any atom is -0.308 e. The molecule has 6 heteroatoms. The van der Waals surface area contributed by atoms with E-state index in [0.717, 1.165) is 0 Å². The van der Waals surface area contributed by atoms with Gasteiger partial charge in [0.15, 0.2) is 0 Å². The molecule has 0 saturated heterocycles. The van der Waals surface area contributed by atoms with E-state index >= 15 is 0 Å². The molecule has 20 rings (SSSR count). The van der Waals surface area contributed by atoms with Crippen LogP contribution in [0.1, 0.15) is 0 Å². The van der Waals surface area contributed by atoms with Crippen LogP contribution in [0.2, 0.25) is 0 Å². The Bertz CT molecular complexity index is 6310. The molecule has 0 aliphatic carbocycles. The molecule has 92 heavy (non-hydrogen) atoms. The van der Waals surface area contributed by atoms with Crippen molar-refractivity contribution in [3.05, 3.63) is 315 Å². The van der Waals surface area contributed by atoms with Gasteiger partial charge in [0.05, 0.1) is 31.5 Å². The Kier molecular flexibility index (Phi) is 12.4. The summed E-state index contributed by atoms with van der Waals surface area (Å²) in [4.78, 5) is 0. The highest BCUT2D eigenvalue weighted by molar-refractivity contribution is 7.28. The summed E-state index contributed by atoms with van der Waals surface area (Å²) in [6, 6.07) is 116. The summed E-state index contributed by atoms with van der Waals surface area (Å²) < 4.78 is 15.6. The fraction of sp³-hybridized carbons (Fsp3) is 0. The maximum atomic E-state index is 2.44. The molecule has 0 amide bonds. The highest BCUT2D eigenvalue weighted by Gasteiger charge is 2.22. The highest BCUT2D eigenvalue weighted by atomic mass is 32.1. The van der Waals surface area contributed by atoms with Gasteiger partial charge in [-0.3, -0.25) is 0 Å². The second kappa shape index (κ2) is 21.5. The van der Waals surface area contributed by atoms with Gasteiger partial charge in [0.1, 0.15) is 0 Å². The fourth-order valence-corrected chi connectivity index (χ4v) is 19.4. The zero-order valence-electron chi connectivity index (χ0n) is 49.5. The summed E-state index contributed by atoms with van der Waals surface area (Å²) in [5.74, 6) is 0. The van der Waals surface area contributed by atoms with Gasteiger partial charge in [-0.1, -0.05) is 231 Å². The second-order valence-corrected chi connectivity index (χ2v) is 28.0. The summed E-state index contributed by atoms with van der Waals surface area (Å²) in [5.41, 5.74) is 20.0. The van der Waals surface area contributed by atoms with Gasteiger partial charge in [0.25, 0.3) is 0 Å². The van der Waals surface area contributed by atoms with E-state index in [1.807, 2.05) is 45.3 Å². The Morgan fingerprint density at radius 3 is 1.17 bits per heavy atom. The van der Waals surface area contributed by atoms with Crippen LogP contribution in [-0.4, -0.2) is 9.13 Å². The van der Waals surface area contributed by atoms with Crippen molar-refractivity contribution in [2.75, 3.05) is 0 Å². The number of para-hydroxylation sites is 4. The van der Waals surface area contributed by atoms with Crippen molar-refractivity contribution < 1.29 is 0 Å². The molecule has 14 aromatic carbocycles. The second-order valence-electron chi connectivity index (χ2n) is 23.8. The van der Waals surface area contributed by atoms with Crippen LogP contribution in [-0.2, 0) is 0 Å². The molecule has 0 spiro atoms. The van der Waals surface area contributed by atoms with Crippen LogP contribution in [0.4, 0.5) is 0 Å². The van der Waals surface area contributed by atoms with Crippen molar-refractivity contribution in [1.29, 1.82) is 0 Å². The average Bonchev–Trinajstić information content (AvgIpc) is 1.60. The quantitative estimate of drug-likeness (QED) is 0.151. The summed E-state index contributed by atoms with van der Waals surface area (Å²) in [7, 11) is 0. The number of rotatable bonds is 7. The Balaban J connectivity index is 0.000000132. The van der Waals surface area contributed by atoms with Crippen LogP contribution in [0.5, 0.6) is 0 Å². The largest absolute Gasteiger partial charge is 0.308 e. The number of nitrogens with zero attached hydrogens (tertiary/aromatic N) is 2. The fourth-order valence-electron chi connectivity index (χ4n) is 14.5. The summed E-state index contributed by atoms with van der Waals surface area (Å²) in [6.45, 7) is 0. The van der Waals surface area contributed by atoms with Crippen molar-refractivity contribution >= 4 is 159 Å². The molecular formula is C86H52N2S4. The van der Waals surface area contributed by atoms with E-state index in [9.17, 15) is 0 Å². The summed E-state index contributed by atoms with van der Waals surface area (Å²) in [5, 5.41) is 13.2. The molecule has 0 fully saturated rings. The van der Waals surface area contributed by atoms with Gasteiger partial charge in [-0.2, -0.15) is 0 Å². The lowest BCUT2D eigenvalue weighted by Crippen LogP contribution is -1.92. The molecule has 20 aromatic rings. The Morgan fingerprint density at radius 1 is 0.207 bits per heavy atom. The van der Waals surface area contributed by atoms with E-state index in [0.29, 0.717) is 0 Å². The zero-order chi connectivity index (χ0) is 60.4. The molecule has 6 heterocycles. The Labute approximate surface area is 546 Å². The van der Waals surface area contributed by atoms with E-state index in [4.69, 9.17) is 0 Å². The van der Waals surface area contributed by atoms with Crippen molar-refractivity contribution in [2.24, 2.45) is 0 Å². The third-order valence-electron chi connectivity index (χ3n) is 18.6. The van der Waals surface area contributed by atoms with Crippen molar-refractivity contribution in [2.45, 2.75) is 0 Å². The summed E-state index contributed by atoms with van der Waals surface area (Å²) in [6.07, 6.45) is 0. The predicted molar refractivity (Wildman–Crippen MR) is 403 cm³/mol. The van der Waals surface area contributed by atoms with Gasteiger partial charge in [-0.25, -0.2) is 0 Å². The molecule has 0 aliphatic rings. The standard InChI is InChI=1S/C44H27NS2.C42H25NS2/c1-3-12-28(13-4-1)34-20-10-21-36-41-33(19-11-23-40(41)47-43(34)36)31-15-9-14-29(26-31)30-24-25-39-37(27-30)42-44(46-39)35-18-7-8-22-38(35)45(42)32-16-5-2-6-17-32;1-2-13-30(14-3-1)43-36-18-7-6-16-33(36)42-40(43)35-25-28(21-23-37(35)44-42)27-11-8-12-29(24-27)31-17-9-19-38-39(31)34-22-20-26-10-4-5-15-32(26)41(34)45-38/h1-27H;1-25H. The van der Waals surface area contributed by atoms with Crippen LogP contribution in [0.25, 0.3) is 181 Å². The first kappa shape index (κ1) is 53.2. The Hall–Kier alpha value is -10.7. The van der Waals surface area contributed by atoms with Gasteiger partial charge in [-0.05, 0) is 151 Å². The first-order chi connectivity index (χ1) is 45.6.